The van der Waals surface area contributed by atoms with E-state index >= 15 is 0 Å². The molecule has 0 spiro atoms. The fourth-order valence-corrected chi connectivity index (χ4v) is 4.56. The summed E-state index contributed by atoms with van der Waals surface area (Å²) < 4.78 is 16.9. The smallest absolute Gasteiger partial charge is 0.329 e. The Bertz CT molecular complexity index is 1190. The number of nitrogens with zero attached hydrogens (tertiary/aromatic N) is 1. The van der Waals surface area contributed by atoms with Crippen LogP contribution in [0.15, 0.2) is 51.8 Å². The van der Waals surface area contributed by atoms with Crippen molar-refractivity contribution < 1.29 is 33.4 Å². The van der Waals surface area contributed by atoms with Crippen LogP contribution < -0.4 is 14.8 Å². The van der Waals surface area contributed by atoms with Gasteiger partial charge in [0.1, 0.15) is 6.04 Å². The van der Waals surface area contributed by atoms with E-state index in [-0.39, 0.29) is 24.0 Å². The van der Waals surface area contributed by atoms with E-state index in [1.165, 1.54) is 13.0 Å². The third-order valence-electron chi connectivity index (χ3n) is 4.90. The van der Waals surface area contributed by atoms with Crippen molar-refractivity contribution in [2.75, 3.05) is 25.1 Å². The molecule has 190 valence electrons. The van der Waals surface area contributed by atoms with Crippen LogP contribution in [0.25, 0.3) is 6.08 Å². The number of hydrogen-bond donors (Lipinski definition) is 1. The van der Waals surface area contributed by atoms with E-state index in [4.69, 9.17) is 14.2 Å². The van der Waals surface area contributed by atoms with E-state index in [2.05, 4.69) is 21.2 Å². The number of benzene rings is 2. The first kappa shape index (κ1) is 27.3. The summed E-state index contributed by atoms with van der Waals surface area (Å²) >= 11 is 4.18. The first-order valence-corrected chi connectivity index (χ1v) is 12.7. The topological polar surface area (TPSA) is 111 Å². The average Bonchev–Trinajstić information content (AvgIpc) is 3.13. The third-order valence-corrected chi connectivity index (χ3v) is 6.47. The lowest BCUT2D eigenvalue weighted by atomic mass is 10.1. The van der Waals surface area contributed by atoms with Crippen molar-refractivity contribution in [1.29, 1.82) is 0 Å². The van der Waals surface area contributed by atoms with Crippen LogP contribution in [0, 0.1) is 0 Å². The predicted molar refractivity (Wildman–Crippen MR) is 140 cm³/mol. The number of carbonyl (C=O) groups excluding carboxylic acids is 4. The molecule has 1 saturated heterocycles. The zero-order chi connectivity index (χ0) is 26.2. The minimum Gasteiger partial charge on any atom is -0.490 e. The molecule has 36 heavy (non-hydrogen) atoms. The Balaban J connectivity index is 1.78. The lowest BCUT2D eigenvalue weighted by Crippen LogP contribution is -2.42. The zero-order valence-corrected chi connectivity index (χ0v) is 22.3. The van der Waals surface area contributed by atoms with Gasteiger partial charge >= 0.3 is 5.97 Å². The lowest BCUT2D eigenvalue weighted by Gasteiger charge is -2.19. The molecule has 1 N–H and O–H groups in total. The van der Waals surface area contributed by atoms with Gasteiger partial charge < -0.3 is 19.5 Å². The summed E-state index contributed by atoms with van der Waals surface area (Å²) in [6.45, 7) is 5.13. The SMILES string of the molecule is CCOC(=O)[C@H](C)N1C(=O)S/C(=C/c2cc(OCC)c(OCC(=O)Nc3ccccc3)cc2Br)C1=O. The molecule has 1 atom stereocenters. The fourth-order valence-electron chi connectivity index (χ4n) is 3.23. The second-order valence-electron chi connectivity index (χ2n) is 7.44. The summed E-state index contributed by atoms with van der Waals surface area (Å²) in [6.07, 6.45) is 1.53. The number of para-hydroxylation sites is 1. The van der Waals surface area contributed by atoms with Crippen molar-refractivity contribution in [1.82, 2.24) is 4.90 Å². The summed E-state index contributed by atoms with van der Waals surface area (Å²) in [5, 5.41) is 2.18. The van der Waals surface area contributed by atoms with Gasteiger partial charge in [0.25, 0.3) is 17.1 Å². The molecule has 0 bridgehead atoms. The van der Waals surface area contributed by atoms with Crippen LogP contribution in [0.3, 0.4) is 0 Å². The second-order valence-corrected chi connectivity index (χ2v) is 9.28. The molecule has 0 saturated carbocycles. The number of amides is 3. The normalized spacial score (nSPS) is 15.1. The number of esters is 1. The summed E-state index contributed by atoms with van der Waals surface area (Å²) in [6, 6.07) is 11.2. The van der Waals surface area contributed by atoms with E-state index in [1.807, 2.05) is 18.2 Å². The molecule has 0 radical (unpaired) electrons. The second kappa shape index (κ2) is 12.6. The van der Waals surface area contributed by atoms with Gasteiger partial charge in [-0.1, -0.05) is 34.1 Å². The molecule has 9 nitrogen and oxygen atoms in total. The molecule has 2 aromatic carbocycles. The van der Waals surface area contributed by atoms with Gasteiger partial charge in [-0.05, 0) is 68.4 Å². The van der Waals surface area contributed by atoms with Gasteiger partial charge in [0.15, 0.2) is 18.1 Å². The van der Waals surface area contributed by atoms with Crippen molar-refractivity contribution in [2.24, 2.45) is 0 Å². The van der Waals surface area contributed by atoms with Crippen molar-refractivity contribution in [2.45, 2.75) is 26.8 Å². The summed E-state index contributed by atoms with van der Waals surface area (Å²) in [5.41, 5.74) is 1.20. The Labute approximate surface area is 221 Å². The largest absolute Gasteiger partial charge is 0.490 e. The van der Waals surface area contributed by atoms with E-state index in [9.17, 15) is 19.2 Å². The molecule has 2 aromatic rings. The number of thioether (sulfide) groups is 1. The lowest BCUT2D eigenvalue weighted by molar-refractivity contribution is -0.150. The molecule has 0 unspecified atom stereocenters. The van der Waals surface area contributed by atoms with Gasteiger partial charge in [0, 0.05) is 10.2 Å². The van der Waals surface area contributed by atoms with Gasteiger partial charge in [-0.3, -0.25) is 19.3 Å². The zero-order valence-electron chi connectivity index (χ0n) is 19.9. The molecule has 0 aliphatic carbocycles. The molecular formula is C25H25BrN2O7S. The molecule has 1 heterocycles. The molecule has 1 aliphatic heterocycles. The van der Waals surface area contributed by atoms with Crippen LogP contribution in [-0.4, -0.2) is 53.8 Å². The van der Waals surface area contributed by atoms with Crippen LogP contribution >= 0.6 is 27.7 Å². The standard InChI is InChI=1S/C25H25BrN2O7S/c1-4-33-19-11-16(12-21-23(30)28(25(32)36-21)15(3)24(31)34-5-2)18(26)13-20(19)35-14-22(29)27-17-9-7-6-8-10-17/h6-13,15H,4-5,14H2,1-3H3,(H,27,29)/b21-12+/t15-/m0/s1. The highest BCUT2D eigenvalue weighted by Crippen LogP contribution is 2.38. The van der Waals surface area contributed by atoms with Crippen molar-refractivity contribution in [3.05, 3.63) is 57.4 Å². The number of nitrogens with one attached hydrogen (secondary N) is 1. The Hall–Kier alpha value is -3.31. The van der Waals surface area contributed by atoms with Crippen LogP contribution in [0.1, 0.15) is 26.3 Å². The van der Waals surface area contributed by atoms with E-state index in [0.29, 0.717) is 33.8 Å². The Morgan fingerprint density at radius 3 is 2.44 bits per heavy atom. The van der Waals surface area contributed by atoms with Crippen LogP contribution in [0.4, 0.5) is 10.5 Å². The highest BCUT2D eigenvalue weighted by atomic mass is 79.9. The monoisotopic (exact) mass is 576 g/mol. The van der Waals surface area contributed by atoms with Gasteiger partial charge in [-0.25, -0.2) is 4.79 Å². The van der Waals surface area contributed by atoms with E-state index in [1.54, 1.807) is 38.1 Å². The number of halogens is 1. The average molecular weight is 577 g/mol. The number of carbonyl (C=O) groups is 4. The van der Waals surface area contributed by atoms with E-state index < -0.39 is 23.2 Å². The Kier molecular flexibility index (Phi) is 9.54. The Morgan fingerprint density at radius 1 is 1.08 bits per heavy atom. The third kappa shape index (κ3) is 6.67. The maximum absolute atomic E-state index is 12.9. The molecule has 1 fully saturated rings. The van der Waals surface area contributed by atoms with E-state index in [0.717, 1.165) is 16.7 Å². The first-order chi connectivity index (χ1) is 17.2. The predicted octanol–water partition coefficient (Wildman–Crippen LogP) is 4.85. The molecular weight excluding hydrogens is 552 g/mol. The van der Waals surface area contributed by atoms with Gasteiger partial charge in [-0.2, -0.15) is 0 Å². The van der Waals surface area contributed by atoms with Gasteiger partial charge in [-0.15, -0.1) is 0 Å². The van der Waals surface area contributed by atoms with Crippen molar-refractivity contribution in [3.63, 3.8) is 0 Å². The van der Waals surface area contributed by atoms with Gasteiger partial charge in [0.05, 0.1) is 18.1 Å². The van der Waals surface area contributed by atoms with Crippen LogP contribution in [-0.2, 0) is 19.1 Å². The molecule has 3 rings (SSSR count). The minimum atomic E-state index is -1.04. The number of anilines is 1. The summed E-state index contributed by atoms with van der Waals surface area (Å²) in [7, 11) is 0. The Morgan fingerprint density at radius 2 is 1.78 bits per heavy atom. The molecule has 0 aromatic heterocycles. The number of hydrogen-bond acceptors (Lipinski definition) is 8. The van der Waals surface area contributed by atoms with Gasteiger partial charge in [0.2, 0.25) is 0 Å². The molecule has 3 amide bonds. The number of imide groups is 1. The van der Waals surface area contributed by atoms with Crippen molar-refractivity contribution in [3.8, 4) is 11.5 Å². The highest BCUT2D eigenvalue weighted by Gasteiger charge is 2.41. The number of ether oxygens (including phenoxy) is 3. The maximum Gasteiger partial charge on any atom is 0.329 e. The minimum absolute atomic E-state index is 0.144. The first-order valence-electron chi connectivity index (χ1n) is 11.1. The highest BCUT2D eigenvalue weighted by molar-refractivity contribution is 9.10. The van der Waals surface area contributed by atoms with Crippen LogP contribution in [0.5, 0.6) is 11.5 Å². The quantitative estimate of drug-likeness (QED) is 0.315. The fraction of sp³-hybridized carbons (Fsp3) is 0.280. The number of rotatable bonds is 10. The van der Waals surface area contributed by atoms with Crippen LogP contribution in [0.2, 0.25) is 0 Å². The molecule has 11 heteroatoms. The maximum atomic E-state index is 12.9. The molecule has 1 aliphatic rings. The van der Waals surface area contributed by atoms with Crippen molar-refractivity contribution >= 4 is 62.5 Å². The summed E-state index contributed by atoms with van der Waals surface area (Å²) in [4.78, 5) is 50.7. The summed E-state index contributed by atoms with van der Waals surface area (Å²) in [5.74, 6) is -0.896.